The molecule has 1 aromatic heterocycles. The molecular formula is C13H20ClNO3. The van der Waals surface area contributed by atoms with Crippen LogP contribution in [-0.4, -0.2) is 32.2 Å². The summed E-state index contributed by atoms with van der Waals surface area (Å²) in [6.45, 7) is 5.52. The third-order valence-electron chi connectivity index (χ3n) is 2.65. The molecule has 5 heteroatoms. The van der Waals surface area contributed by atoms with E-state index < -0.39 is 0 Å². The van der Waals surface area contributed by atoms with E-state index >= 15 is 0 Å². The van der Waals surface area contributed by atoms with Crippen molar-refractivity contribution in [3.8, 4) is 0 Å². The van der Waals surface area contributed by atoms with E-state index in [4.69, 9.17) is 9.15 Å². The van der Waals surface area contributed by atoms with E-state index in [-0.39, 0.29) is 18.4 Å². The minimum absolute atomic E-state index is 0. The summed E-state index contributed by atoms with van der Waals surface area (Å²) in [6.07, 6.45) is 4.54. The highest BCUT2D eigenvalue weighted by Gasteiger charge is 2.07. The summed E-state index contributed by atoms with van der Waals surface area (Å²) in [4.78, 5) is 12.7. The maximum atomic E-state index is 11.3. The molecule has 0 saturated heterocycles. The van der Waals surface area contributed by atoms with Crippen LogP contribution in [0.4, 0.5) is 0 Å². The van der Waals surface area contributed by atoms with Crippen LogP contribution in [0, 0.1) is 0 Å². The standard InChI is InChI=1S/C13H19NO3.ClH/c1-11(2)14(3)8-10-17-13(15)7-6-12-5-4-9-16-12;/h4-7,9,11H,8,10H2,1-3H3;1H. The van der Waals surface area contributed by atoms with Crippen molar-refractivity contribution in [1.82, 2.24) is 0 Å². The second kappa shape index (κ2) is 8.78. The summed E-state index contributed by atoms with van der Waals surface area (Å²) < 4.78 is 10.1. The highest BCUT2D eigenvalue weighted by Crippen LogP contribution is 2.01. The number of hydrogen-bond acceptors (Lipinski definition) is 3. The highest BCUT2D eigenvalue weighted by molar-refractivity contribution is 5.86. The van der Waals surface area contributed by atoms with Gasteiger partial charge in [-0.3, -0.25) is 0 Å². The summed E-state index contributed by atoms with van der Waals surface area (Å²) >= 11 is 0. The van der Waals surface area contributed by atoms with E-state index in [1.54, 1.807) is 24.5 Å². The summed E-state index contributed by atoms with van der Waals surface area (Å²) in [5.41, 5.74) is 0. The zero-order valence-corrected chi connectivity index (χ0v) is 11.7. The van der Waals surface area contributed by atoms with Crippen molar-refractivity contribution in [3.63, 3.8) is 0 Å². The third-order valence-corrected chi connectivity index (χ3v) is 2.65. The minimum atomic E-state index is -0.335. The number of hydrogen-bond donors (Lipinski definition) is 1. The van der Waals surface area contributed by atoms with Crippen LogP contribution in [0.2, 0.25) is 0 Å². The van der Waals surface area contributed by atoms with Crippen molar-refractivity contribution >= 4 is 12.0 Å². The number of ether oxygens (including phenoxy) is 1. The number of likely N-dealkylation sites (N-methyl/N-ethyl adjacent to an activating group) is 1. The van der Waals surface area contributed by atoms with E-state index in [2.05, 4.69) is 20.9 Å². The van der Waals surface area contributed by atoms with Crippen LogP contribution >= 0.6 is 0 Å². The van der Waals surface area contributed by atoms with Crippen molar-refractivity contribution in [2.45, 2.75) is 19.9 Å². The normalized spacial score (nSPS) is 12.4. The molecule has 0 amide bonds. The Morgan fingerprint density at radius 1 is 1.56 bits per heavy atom. The van der Waals surface area contributed by atoms with Gasteiger partial charge in [0, 0.05) is 6.08 Å². The second-order valence-corrected chi connectivity index (χ2v) is 4.27. The second-order valence-electron chi connectivity index (χ2n) is 4.27. The molecule has 0 aliphatic carbocycles. The predicted molar refractivity (Wildman–Crippen MR) is 65.6 cm³/mol. The lowest BCUT2D eigenvalue weighted by molar-refractivity contribution is -0.901. The van der Waals surface area contributed by atoms with Gasteiger partial charge in [0.15, 0.2) is 0 Å². The molecular weight excluding hydrogens is 254 g/mol. The van der Waals surface area contributed by atoms with E-state index in [0.29, 0.717) is 18.4 Å². The van der Waals surface area contributed by atoms with Gasteiger partial charge < -0.3 is 26.5 Å². The summed E-state index contributed by atoms with van der Waals surface area (Å²) in [7, 11) is 2.08. The zero-order valence-electron chi connectivity index (χ0n) is 11.0. The predicted octanol–water partition coefficient (Wildman–Crippen LogP) is -2.24. The summed E-state index contributed by atoms with van der Waals surface area (Å²) in [5.74, 6) is 0.310. The van der Waals surface area contributed by atoms with E-state index in [9.17, 15) is 4.79 Å². The van der Waals surface area contributed by atoms with Crippen molar-refractivity contribution in [2.75, 3.05) is 20.2 Å². The van der Waals surface area contributed by atoms with Gasteiger partial charge >= 0.3 is 5.97 Å². The molecule has 18 heavy (non-hydrogen) atoms. The van der Waals surface area contributed by atoms with E-state index in [0.717, 1.165) is 6.54 Å². The number of quaternary nitrogens is 1. The topological polar surface area (TPSA) is 43.9 Å². The molecule has 102 valence electrons. The maximum Gasteiger partial charge on any atom is 0.331 e. The first-order valence-electron chi connectivity index (χ1n) is 5.80. The molecule has 0 radical (unpaired) electrons. The monoisotopic (exact) mass is 273 g/mol. The van der Waals surface area contributed by atoms with Crippen molar-refractivity contribution < 1.29 is 31.3 Å². The van der Waals surface area contributed by atoms with Gasteiger partial charge in [-0.1, -0.05) is 0 Å². The van der Waals surface area contributed by atoms with Gasteiger partial charge in [0.05, 0.1) is 19.4 Å². The zero-order chi connectivity index (χ0) is 12.7. The molecule has 1 unspecified atom stereocenters. The highest BCUT2D eigenvalue weighted by atomic mass is 35.5. The fourth-order valence-electron chi connectivity index (χ4n) is 1.19. The van der Waals surface area contributed by atoms with Crippen LogP contribution in [0.5, 0.6) is 0 Å². The fourth-order valence-corrected chi connectivity index (χ4v) is 1.19. The number of carbonyl (C=O) groups excluding carboxylic acids is 1. The molecule has 0 aliphatic heterocycles. The van der Waals surface area contributed by atoms with E-state index in [1.807, 2.05) is 0 Å². The van der Waals surface area contributed by atoms with E-state index in [1.165, 1.54) is 11.0 Å². The van der Waals surface area contributed by atoms with Gasteiger partial charge in [-0.05, 0) is 32.1 Å². The lowest BCUT2D eigenvalue weighted by Gasteiger charge is -2.17. The Hall–Kier alpha value is -1.26. The SMILES string of the molecule is CC(C)[NH+](C)CCOC(=O)C=Cc1ccco1.[Cl-]. The first-order valence-corrected chi connectivity index (χ1v) is 5.80. The molecule has 0 spiro atoms. The third kappa shape index (κ3) is 6.47. The number of nitrogens with one attached hydrogen (secondary N) is 1. The first-order chi connectivity index (χ1) is 8.09. The molecule has 0 fully saturated rings. The van der Waals surface area contributed by atoms with Crippen molar-refractivity contribution in [2.24, 2.45) is 0 Å². The molecule has 0 aliphatic rings. The Balaban J connectivity index is 0.00000289. The molecule has 0 saturated carbocycles. The Labute approximate surface area is 114 Å². The Kier molecular flexibility index (Phi) is 8.16. The Morgan fingerprint density at radius 3 is 2.83 bits per heavy atom. The molecule has 0 aromatic carbocycles. The number of furan rings is 1. The smallest absolute Gasteiger partial charge is 0.331 e. The fraction of sp³-hybridized carbons (Fsp3) is 0.462. The summed E-state index contributed by atoms with van der Waals surface area (Å²) in [5, 5.41) is 0. The summed E-state index contributed by atoms with van der Waals surface area (Å²) in [6, 6.07) is 4.08. The van der Waals surface area contributed by atoms with Gasteiger partial charge in [-0.25, -0.2) is 4.79 Å². The molecule has 0 bridgehead atoms. The van der Waals surface area contributed by atoms with Gasteiger partial charge in [0.25, 0.3) is 0 Å². The van der Waals surface area contributed by atoms with Gasteiger partial charge in [-0.15, -0.1) is 0 Å². The lowest BCUT2D eigenvalue weighted by Crippen LogP contribution is -3.12. The Bertz CT molecular complexity index is 360. The van der Waals surface area contributed by atoms with Crippen LogP contribution in [0.15, 0.2) is 28.9 Å². The first kappa shape index (κ1) is 16.7. The van der Waals surface area contributed by atoms with Gasteiger partial charge in [0.2, 0.25) is 0 Å². The average Bonchev–Trinajstić information content (AvgIpc) is 2.78. The van der Waals surface area contributed by atoms with Gasteiger partial charge in [-0.2, -0.15) is 0 Å². The van der Waals surface area contributed by atoms with Crippen LogP contribution in [0.25, 0.3) is 6.08 Å². The molecule has 4 nitrogen and oxygen atoms in total. The average molecular weight is 274 g/mol. The molecule has 1 aromatic rings. The molecule has 1 rings (SSSR count). The molecule has 1 heterocycles. The van der Waals surface area contributed by atoms with Crippen LogP contribution in [0.3, 0.4) is 0 Å². The number of halogens is 1. The molecule has 1 N–H and O–H groups in total. The van der Waals surface area contributed by atoms with Gasteiger partial charge in [0.1, 0.15) is 18.9 Å². The maximum absolute atomic E-state index is 11.3. The van der Waals surface area contributed by atoms with Crippen LogP contribution in [-0.2, 0) is 9.53 Å². The van der Waals surface area contributed by atoms with Crippen LogP contribution in [0.1, 0.15) is 19.6 Å². The van der Waals surface area contributed by atoms with Crippen molar-refractivity contribution in [3.05, 3.63) is 30.2 Å². The Morgan fingerprint density at radius 2 is 2.28 bits per heavy atom. The number of esters is 1. The van der Waals surface area contributed by atoms with Crippen LogP contribution < -0.4 is 17.3 Å². The quantitative estimate of drug-likeness (QED) is 0.471. The number of carbonyl (C=O) groups is 1. The minimum Gasteiger partial charge on any atom is -1.00 e. The van der Waals surface area contributed by atoms with Crippen molar-refractivity contribution in [1.29, 1.82) is 0 Å². The largest absolute Gasteiger partial charge is 1.00 e. The molecule has 1 atom stereocenters. The number of rotatable bonds is 6. The lowest BCUT2D eigenvalue weighted by atomic mass is 10.3.